The van der Waals surface area contributed by atoms with Crippen molar-refractivity contribution in [1.82, 2.24) is 0 Å². The largest absolute Gasteiger partial charge is 0.472 e. The van der Waals surface area contributed by atoms with E-state index in [1.807, 2.05) is 0 Å². The third-order valence-electron chi connectivity index (χ3n) is 11.2. The summed E-state index contributed by atoms with van der Waals surface area (Å²) in [5, 5.41) is 19.2. The molecule has 0 aliphatic heterocycles. The number of carbonyl (C=O) groups excluding carboxylic acids is 2. The van der Waals surface area contributed by atoms with E-state index >= 15 is 0 Å². The van der Waals surface area contributed by atoms with Crippen LogP contribution < -0.4 is 0 Å². The molecule has 0 aromatic rings. The Labute approximate surface area is 374 Å². The number of aliphatic hydroxyl groups excluding tert-OH is 2. The van der Waals surface area contributed by atoms with Gasteiger partial charge in [0.2, 0.25) is 0 Å². The molecule has 0 fully saturated rings. The lowest BCUT2D eigenvalue weighted by molar-refractivity contribution is -0.153. The van der Waals surface area contributed by atoms with Gasteiger partial charge in [-0.25, -0.2) is 4.57 Å². The minimum Gasteiger partial charge on any atom is -0.457 e. The second kappa shape index (κ2) is 46.4. The summed E-state index contributed by atoms with van der Waals surface area (Å²) in [7, 11) is -4.64. The standard InChI is InChI=1S/C50H95O10P/c1-3-5-7-9-11-13-15-17-19-20-21-22-23-24-25-26-27-28-30-32-34-36-38-40-42-50(54)60-48(44-52)46-58-61(55,56)57-45-47(43-51)59-49(53)41-39-37-35-33-31-29-18-16-14-12-10-8-6-4-2/h10,12,16,18,47-48,51-52H,3-9,11,13-15,17,19-46H2,1-2H3,(H,55,56)/b12-10-,18-16-. The molecule has 0 heterocycles. The lowest BCUT2D eigenvalue weighted by atomic mass is 10.0. The van der Waals surface area contributed by atoms with E-state index in [9.17, 15) is 29.3 Å². The summed E-state index contributed by atoms with van der Waals surface area (Å²) in [6, 6.07) is 0. The first-order valence-electron chi connectivity index (χ1n) is 25.3. The maximum absolute atomic E-state index is 12.4. The van der Waals surface area contributed by atoms with Crippen LogP contribution in [0.5, 0.6) is 0 Å². The Kier molecular flexibility index (Phi) is 45.3. The van der Waals surface area contributed by atoms with Gasteiger partial charge in [-0.05, 0) is 38.5 Å². The highest BCUT2D eigenvalue weighted by atomic mass is 31.2. The molecule has 11 heteroatoms. The van der Waals surface area contributed by atoms with Crippen molar-refractivity contribution in [1.29, 1.82) is 0 Å². The van der Waals surface area contributed by atoms with Crippen molar-refractivity contribution in [2.24, 2.45) is 0 Å². The molecule has 10 nitrogen and oxygen atoms in total. The van der Waals surface area contributed by atoms with Crippen molar-refractivity contribution in [3.05, 3.63) is 24.3 Å². The molecular formula is C50H95O10P. The number of phosphoric acid groups is 1. The number of phosphoric ester groups is 1. The minimum atomic E-state index is -4.64. The molecule has 360 valence electrons. The summed E-state index contributed by atoms with van der Waals surface area (Å²) in [6.45, 7) is 2.19. The Morgan fingerprint density at radius 2 is 0.738 bits per heavy atom. The summed E-state index contributed by atoms with van der Waals surface area (Å²) < 4.78 is 32.7. The number of ether oxygens (including phenoxy) is 2. The number of rotatable bonds is 48. The first kappa shape index (κ1) is 59.5. The highest BCUT2D eigenvalue weighted by Crippen LogP contribution is 2.43. The van der Waals surface area contributed by atoms with Gasteiger partial charge in [0.15, 0.2) is 0 Å². The number of allylic oxidation sites excluding steroid dienone is 4. The van der Waals surface area contributed by atoms with Crippen LogP contribution in [0.4, 0.5) is 0 Å². The fraction of sp³-hybridized carbons (Fsp3) is 0.880. The van der Waals surface area contributed by atoms with Crippen LogP contribution in [0, 0.1) is 0 Å². The molecule has 0 aliphatic rings. The normalized spacial score (nSPS) is 13.9. The Bertz CT molecular complexity index is 1070. The van der Waals surface area contributed by atoms with E-state index < -0.39 is 58.4 Å². The van der Waals surface area contributed by atoms with Crippen molar-refractivity contribution < 1.29 is 47.8 Å². The van der Waals surface area contributed by atoms with E-state index in [4.69, 9.17) is 18.5 Å². The Hall–Kier alpha value is -1.55. The number of hydrogen-bond donors (Lipinski definition) is 3. The van der Waals surface area contributed by atoms with Crippen molar-refractivity contribution >= 4 is 19.8 Å². The molecule has 3 unspecified atom stereocenters. The number of carbonyl (C=O) groups is 2. The van der Waals surface area contributed by atoms with Crippen LogP contribution in [-0.4, -0.2) is 65.7 Å². The maximum atomic E-state index is 12.4. The SMILES string of the molecule is CCCC/C=C\C/C=C\CCCCCCCC(=O)OC(CO)COP(=O)(O)OCC(CO)OC(=O)CCCCCCCCCCCCCCCCCCCCCCCCCC. The van der Waals surface area contributed by atoms with Crippen LogP contribution in [0.1, 0.15) is 245 Å². The van der Waals surface area contributed by atoms with Gasteiger partial charge < -0.3 is 24.6 Å². The van der Waals surface area contributed by atoms with Gasteiger partial charge in [0.25, 0.3) is 0 Å². The number of hydrogen-bond acceptors (Lipinski definition) is 9. The van der Waals surface area contributed by atoms with Gasteiger partial charge in [0.05, 0.1) is 26.4 Å². The molecule has 0 amide bonds. The van der Waals surface area contributed by atoms with E-state index in [0.29, 0.717) is 12.8 Å². The number of aliphatic hydroxyl groups is 2. The van der Waals surface area contributed by atoms with Crippen molar-refractivity contribution in [3.8, 4) is 0 Å². The van der Waals surface area contributed by atoms with E-state index in [1.54, 1.807) is 0 Å². The molecule has 0 saturated carbocycles. The molecular weight excluding hydrogens is 792 g/mol. The minimum absolute atomic E-state index is 0.178. The van der Waals surface area contributed by atoms with Gasteiger partial charge in [0, 0.05) is 12.8 Å². The van der Waals surface area contributed by atoms with E-state index in [-0.39, 0.29) is 12.8 Å². The molecule has 0 aliphatic carbocycles. The fourth-order valence-electron chi connectivity index (χ4n) is 7.25. The predicted molar refractivity (Wildman–Crippen MR) is 252 cm³/mol. The molecule has 3 atom stereocenters. The number of esters is 2. The molecule has 0 aromatic heterocycles. The fourth-order valence-corrected chi connectivity index (χ4v) is 8.04. The monoisotopic (exact) mass is 887 g/mol. The van der Waals surface area contributed by atoms with E-state index in [2.05, 4.69) is 38.2 Å². The van der Waals surface area contributed by atoms with Gasteiger partial charge in [-0.15, -0.1) is 0 Å². The van der Waals surface area contributed by atoms with Gasteiger partial charge in [-0.2, -0.15) is 0 Å². The molecule has 3 N–H and O–H groups in total. The average Bonchev–Trinajstić information content (AvgIpc) is 3.25. The molecule has 0 spiro atoms. The summed E-state index contributed by atoms with van der Waals surface area (Å²) >= 11 is 0. The second-order valence-corrected chi connectivity index (χ2v) is 18.6. The van der Waals surface area contributed by atoms with Crippen LogP contribution >= 0.6 is 7.82 Å². The first-order chi connectivity index (χ1) is 29.8. The van der Waals surface area contributed by atoms with Crippen molar-refractivity contribution in [2.75, 3.05) is 26.4 Å². The number of unbranched alkanes of at least 4 members (excludes halogenated alkanes) is 30. The van der Waals surface area contributed by atoms with Crippen LogP contribution in [0.2, 0.25) is 0 Å². The molecule has 0 bridgehead atoms. The molecule has 0 saturated heterocycles. The zero-order valence-electron chi connectivity index (χ0n) is 39.4. The second-order valence-electron chi connectivity index (χ2n) is 17.2. The van der Waals surface area contributed by atoms with Crippen LogP contribution in [-0.2, 0) is 32.7 Å². The summed E-state index contributed by atoms with van der Waals surface area (Å²) in [5.41, 5.74) is 0. The quantitative estimate of drug-likeness (QED) is 0.0233. The lowest BCUT2D eigenvalue weighted by Gasteiger charge is -2.20. The molecule has 0 radical (unpaired) electrons. The molecule has 0 rings (SSSR count). The summed E-state index contributed by atoms with van der Waals surface area (Å²) in [5.74, 6) is -1.02. The van der Waals surface area contributed by atoms with Crippen LogP contribution in [0.3, 0.4) is 0 Å². The smallest absolute Gasteiger partial charge is 0.457 e. The first-order valence-corrected chi connectivity index (χ1v) is 26.8. The summed E-state index contributed by atoms with van der Waals surface area (Å²) in [6.07, 6.45) is 48.8. The molecule has 61 heavy (non-hydrogen) atoms. The van der Waals surface area contributed by atoms with E-state index in [1.165, 1.54) is 141 Å². The topological polar surface area (TPSA) is 149 Å². The lowest BCUT2D eigenvalue weighted by Crippen LogP contribution is -2.28. The van der Waals surface area contributed by atoms with Gasteiger partial charge in [-0.3, -0.25) is 18.6 Å². The Morgan fingerprint density at radius 3 is 1.07 bits per heavy atom. The zero-order chi connectivity index (χ0) is 44.8. The predicted octanol–water partition coefficient (Wildman–Crippen LogP) is 14.1. The highest BCUT2D eigenvalue weighted by molar-refractivity contribution is 7.47. The zero-order valence-corrected chi connectivity index (χ0v) is 40.3. The molecule has 0 aromatic carbocycles. The van der Waals surface area contributed by atoms with Crippen molar-refractivity contribution in [3.63, 3.8) is 0 Å². The average molecular weight is 887 g/mol. The Morgan fingerprint density at radius 1 is 0.443 bits per heavy atom. The van der Waals surface area contributed by atoms with Crippen LogP contribution in [0.25, 0.3) is 0 Å². The van der Waals surface area contributed by atoms with E-state index in [0.717, 1.165) is 64.2 Å². The van der Waals surface area contributed by atoms with Crippen LogP contribution in [0.15, 0.2) is 24.3 Å². The third kappa shape index (κ3) is 44.8. The summed E-state index contributed by atoms with van der Waals surface area (Å²) in [4.78, 5) is 34.6. The van der Waals surface area contributed by atoms with Gasteiger partial charge in [-0.1, -0.05) is 218 Å². The van der Waals surface area contributed by atoms with Gasteiger partial charge in [0.1, 0.15) is 12.2 Å². The maximum Gasteiger partial charge on any atom is 0.472 e. The third-order valence-corrected chi connectivity index (χ3v) is 12.1. The Balaban J connectivity index is 3.79. The van der Waals surface area contributed by atoms with Gasteiger partial charge >= 0.3 is 19.8 Å². The van der Waals surface area contributed by atoms with Crippen molar-refractivity contribution in [2.45, 2.75) is 257 Å². The highest BCUT2D eigenvalue weighted by Gasteiger charge is 2.27.